The van der Waals surface area contributed by atoms with Crippen LogP contribution in [0.3, 0.4) is 0 Å². The van der Waals surface area contributed by atoms with Crippen molar-refractivity contribution in [3.05, 3.63) is 224 Å². The van der Waals surface area contributed by atoms with Gasteiger partial charge in [-0.2, -0.15) is 39.5 Å². The summed E-state index contributed by atoms with van der Waals surface area (Å²) in [6, 6.07) is 14.4. The van der Waals surface area contributed by atoms with Gasteiger partial charge in [0.05, 0.1) is 33.9 Å². The third kappa shape index (κ3) is 13.6. The van der Waals surface area contributed by atoms with Gasteiger partial charge in [-0.25, -0.2) is 48.7 Å². The van der Waals surface area contributed by atoms with Crippen molar-refractivity contribution in [2.75, 3.05) is 0 Å². The van der Waals surface area contributed by atoms with Crippen LogP contribution in [0.1, 0.15) is 113 Å². The molecule has 0 fully saturated rings. The predicted octanol–water partition coefficient (Wildman–Crippen LogP) is 21.8. The quantitative estimate of drug-likeness (QED) is 0.0273. The molecule has 0 aliphatic carbocycles. The van der Waals surface area contributed by atoms with Crippen LogP contribution in [-0.4, -0.2) is 12.1 Å². The second kappa shape index (κ2) is 27.8. The zero-order valence-electron chi connectivity index (χ0n) is 49.5. The van der Waals surface area contributed by atoms with Gasteiger partial charge >= 0.3 is 18.1 Å². The second-order valence-electron chi connectivity index (χ2n) is 21.6. The highest BCUT2D eigenvalue weighted by molar-refractivity contribution is 5.89. The molecule has 8 rings (SSSR count). The van der Waals surface area contributed by atoms with Crippen LogP contribution in [0, 0.1) is 93.1 Å². The monoisotopic (exact) mass is 1330 g/mol. The van der Waals surface area contributed by atoms with Crippen LogP contribution in [0.15, 0.2) is 103 Å². The van der Waals surface area contributed by atoms with E-state index in [-0.39, 0.29) is 29.7 Å². The van der Waals surface area contributed by atoms with Gasteiger partial charge in [-0.1, -0.05) is 79.2 Å². The van der Waals surface area contributed by atoms with E-state index in [0.29, 0.717) is 30.4 Å². The zero-order valence-corrected chi connectivity index (χ0v) is 49.5. The summed E-state index contributed by atoms with van der Waals surface area (Å²) in [5, 5.41) is 0. The lowest BCUT2D eigenvalue weighted by Crippen LogP contribution is -2.25. The van der Waals surface area contributed by atoms with Crippen LogP contribution in [0.2, 0.25) is 0 Å². The number of hydrogen-bond acceptors (Lipinski definition) is 7. The van der Waals surface area contributed by atoms with E-state index in [9.17, 15) is 18.0 Å². The van der Waals surface area contributed by atoms with Crippen LogP contribution in [-0.2, 0) is 22.2 Å². The highest BCUT2D eigenvalue weighted by atomic mass is 19.3. The van der Waals surface area contributed by atoms with Crippen molar-refractivity contribution in [1.29, 1.82) is 0 Å². The lowest BCUT2D eigenvalue weighted by atomic mass is 9.76. The first-order valence-electron chi connectivity index (χ1n) is 28.0. The van der Waals surface area contributed by atoms with E-state index in [4.69, 9.17) is 23.7 Å². The van der Waals surface area contributed by atoms with E-state index in [2.05, 4.69) is 4.74 Å². The van der Waals surface area contributed by atoms with Gasteiger partial charge in [-0.05, 0) is 108 Å². The fraction of sp³-hybridized carbons (Fsp3) is 0.239. The van der Waals surface area contributed by atoms with E-state index in [0.717, 1.165) is 60.7 Å². The molecule has 26 heteroatoms. The molecule has 0 aliphatic heterocycles. The number of carbonyl (C=O) groups excluding carboxylic acids is 1. The van der Waals surface area contributed by atoms with Gasteiger partial charge in [-0.3, -0.25) is 0 Å². The normalized spacial score (nSPS) is 12.0. The first-order chi connectivity index (χ1) is 43.8. The van der Waals surface area contributed by atoms with E-state index in [1.54, 1.807) is 20.8 Å². The van der Waals surface area contributed by atoms with Crippen molar-refractivity contribution in [1.82, 2.24) is 0 Å². The van der Waals surface area contributed by atoms with Crippen LogP contribution in [0.25, 0.3) is 22.3 Å². The van der Waals surface area contributed by atoms with Gasteiger partial charge in [0, 0.05) is 17.0 Å². The first-order valence-corrected chi connectivity index (χ1v) is 28.0. The summed E-state index contributed by atoms with van der Waals surface area (Å²) in [7, 11) is 0. The Kier molecular flexibility index (Phi) is 20.8. The van der Waals surface area contributed by atoms with E-state index in [1.165, 1.54) is 51.1 Å². The van der Waals surface area contributed by atoms with Crippen LogP contribution >= 0.6 is 0 Å². The molecule has 0 heterocycles. The molecule has 8 aromatic carbocycles. The Labute approximate surface area is 517 Å². The highest BCUT2D eigenvalue weighted by Crippen LogP contribution is 2.47. The minimum Gasteiger partial charge on any atom is -0.490 e. The topological polar surface area (TPSA) is 72.5 Å². The van der Waals surface area contributed by atoms with E-state index in [1.807, 2.05) is 6.92 Å². The molecule has 0 aromatic heterocycles. The minimum atomic E-state index is -2.74. The molecule has 0 amide bonds. The maximum absolute atomic E-state index is 16.0. The molecule has 0 saturated heterocycles. The van der Waals surface area contributed by atoms with Crippen molar-refractivity contribution in [2.24, 2.45) is 0 Å². The van der Waals surface area contributed by atoms with E-state index < -0.39 is 203 Å². The number of hydrogen-bond donors (Lipinski definition) is 0. The van der Waals surface area contributed by atoms with Gasteiger partial charge in [0.25, 0.3) is 0 Å². The Morgan fingerprint density at radius 2 is 0.785 bits per heavy atom. The SMILES string of the molecule is CCCC(CC)Oc1cc(COC(=O)c2ccc(OC(F)=C(F)F)cc2)cc(Oc2c(F)c(F)c(-c3c(F)c(F)c(Oc4ccc(C(C)(C)c5ccc(Oc6c(F)c(F)c(-c7c(F)c(F)c(C(C)(CC)CC)c(F)c7F)c(F)c6F)cc5)cc4)c(F)c3F)c(F)c2F)c1. The molecule has 0 radical (unpaired) electrons. The van der Waals surface area contributed by atoms with Gasteiger partial charge < -0.3 is 28.4 Å². The molecule has 492 valence electrons. The second-order valence-corrected chi connectivity index (χ2v) is 21.6. The standard InChI is InChI=1S/C67H49F19O7/c1-8-12-33(9-2)89-37-25-29(28-88-65(87)30-13-19-36(20-14-30)93-64(86)63(84)85)26-38(27-37)92-62-58(82)50(74)42(51(75)59(62)83)41-48(72)56(80)61(57(81)49(41)73)91-35-23-17-32(18-24-35)66(5,6)31-15-21-34(22-16-31)90-60-54(78)46(70)40(47(71)55(60)79)39-44(68)52(76)43(53(77)45(39)69)67(7,10-3)11-4/h13-27,33H,8-12,28H2,1-7H3. The number of halogens is 19. The Hall–Kier alpha value is -9.36. The van der Waals surface area contributed by atoms with Crippen molar-refractivity contribution in [3.63, 3.8) is 0 Å². The number of esters is 1. The third-order valence-electron chi connectivity index (χ3n) is 15.5. The summed E-state index contributed by atoms with van der Waals surface area (Å²) in [6.07, 6.45) is -1.81. The maximum atomic E-state index is 16.0. The average molecular weight is 1330 g/mol. The Morgan fingerprint density at radius 3 is 1.14 bits per heavy atom. The molecule has 93 heavy (non-hydrogen) atoms. The predicted molar refractivity (Wildman–Crippen MR) is 299 cm³/mol. The lowest BCUT2D eigenvalue weighted by molar-refractivity contribution is 0.0471. The fourth-order valence-corrected chi connectivity index (χ4v) is 9.88. The van der Waals surface area contributed by atoms with Crippen molar-refractivity contribution >= 4 is 5.97 Å². The molecule has 8 aromatic rings. The summed E-state index contributed by atoms with van der Waals surface area (Å²) in [4.78, 5) is 12.9. The Morgan fingerprint density at radius 1 is 0.430 bits per heavy atom. The van der Waals surface area contributed by atoms with E-state index >= 15 is 70.2 Å². The molecule has 0 bridgehead atoms. The maximum Gasteiger partial charge on any atom is 0.344 e. The number of ether oxygens (including phenoxy) is 6. The summed E-state index contributed by atoms with van der Waals surface area (Å²) >= 11 is 0. The summed E-state index contributed by atoms with van der Waals surface area (Å²) in [6.45, 7) is 10.3. The zero-order chi connectivity index (χ0) is 68.5. The van der Waals surface area contributed by atoms with Crippen LogP contribution in [0.5, 0.6) is 46.0 Å². The molecule has 0 N–H and O–H groups in total. The molecular formula is C67H49F19O7. The first kappa shape index (κ1) is 69.5. The molecule has 0 spiro atoms. The highest BCUT2D eigenvalue weighted by Gasteiger charge is 2.40. The molecule has 1 unspecified atom stereocenters. The Balaban J connectivity index is 1.00. The smallest absolute Gasteiger partial charge is 0.344 e. The van der Waals surface area contributed by atoms with Crippen LogP contribution in [0.4, 0.5) is 83.4 Å². The summed E-state index contributed by atoms with van der Waals surface area (Å²) < 4.78 is 320. The summed E-state index contributed by atoms with van der Waals surface area (Å²) in [5.74, 6) is -47.2. The minimum absolute atomic E-state index is 0.0399. The lowest BCUT2D eigenvalue weighted by Gasteiger charge is -2.29. The van der Waals surface area contributed by atoms with Gasteiger partial charge in [0.1, 0.15) is 35.4 Å². The van der Waals surface area contributed by atoms with Gasteiger partial charge in [0.2, 0.25) is 52.2 Å². The molecule has 0 saturated carbocycles. The molecular weight excluding hydrogens is 1280 g/mol. The van der Waals surface area contributed by atoms with Crippen molar-refractivity contribution in [2.45, 2.75) is 104 Å². The van der Waals surface area contributed by atoms with Crippen LogP contribution < -0.4 is 23.7 Å². The average Bonchev–Trinajstić information content (AvgIpc) is 0.746. The molecule has 0 aliphatic rings. The summed E-state index contributed by atoms with van der Waals surface area (Å²) in [5.41, 5.74) is -11.9. The Bertz CT molecular complexity index is 4090. The largest absolute Gasteiger partial charge is 0.490 e. The molecule has 1 atom stereocenters. The fourth-order valence-electron chi connectivity index (χ4n) is 9.88. The van der Waals surface area contributed by atoms with Crippen molar-refractivity contribution < 1.29 is 117 Å². The number of benzene rings is 8. The number of rotatable bonds is 23. The van der Waals surface area contributed by atoms with Gasteiger partial charge in [0.15, 0.2) is 58.2 Å². The van der Waals surface area contributed by atoms with Crippen molar-refractivity contribution in [3.8, 4) is 68.2 Å². The third-order valence-corrected chi connectivity index (χ3v) is 15.5. The van der Waals surface area contributed by atoms with Gasteiger partial charge in [-0.15, -0.1) is 0 Å². The molecule has 7 nitrogen and oxygen atoms in total. The number of carbonyl (C=O) groups is 1.